The van der Waals surface area contributed by atoms with Crippen molar-refractivity contribution in [3.8, 4) is 11.5 Å². The number of likely N-dealkylation sites (N-methyl/N-ethyl adjacent to an activating group) is 1. The predicted octanol–water partition coefficient (Wildman–Crippen LogP) is 5.64. The molecule has 1 saturated heterocycles. The van der Waals surface area contributed by atoms with Crippen LogP contribution in [0.4, 0.5) is 5.69 Å². The van der Waals surface area contributed by atoms with E-state index in [1.54, 1.807) is 25.1 Å². The molecule has 5 nitrogen and oxygen atoms in total. The quantitative estimate of drug-likeness (QED) is 0.318. The Balaban J connectivity index is 1.56. The molecule has 1 amide bonds. The third-order valence-corrected chi connectivity index (χ3v) is 6.06. The van der Waals surface area contributed by atoms with Crippen LogP contribution in [0.25, 0.3) is 6.08 Å². The summed E-state index contributed by atoms with van der Waals surface area (Å²) in [6.07, 6.45) is 1.80. The van der Waals surface area contributed by atoms with Gasteiger partial charge in [0.05, 0.1) is 12.8 Å². The zero-order valence-electron chi connectivity index (χ0n) is 17.6. The number of hydrogen-bond donors (Lipinski definition) is 0. The molecule has 0 aromatic heterocycles. The number of hydrogen-bond acceptors (Lipinski definition) is 4. The van der Waals surface area contributed by atoms with Crippen LogP contribution >= 0.6 is 28.1 Å². The highest BCUT2D eigenvalue weighted by Crippen LogP contribution is 2.32. The number of benzene rings is 3. The van der Waals surface area contributed by atoms with E-state index in [-0.39, 0.29) is 5.91 Å². The Kier molecular flexibility index (Phi) is 6.58. The average Bonchev–Trinajstić information content (AvgIpc) is 3.02. The molecule has 0 saturated carbocycles. The van der Waals surface area contributed by atoms with Gasteiger partial charge in [0, 0.05) is 11.5 Å². The summed E-state index contributed by atoms with van der Waals surface area (Å²) in [4.78, 5) is 16.4. The molecule has 7 heteroatoms. The first-order valence-corrected chi connectivity index (χ1v) is 11.1. The van der Waals surface area contributed by atoms with Crippen LogP contribution in [0.3, 0.4) is 0 Å². The van der Waals surface area contributed by atoms with Crippen molar-refractivity contribution in [1.29, 1.82) is 0 Å². The summed E-state index contributed by atoms with van der Waals surface area (Å²) >= 11 is 8.95. The number of ether oxygens (including phenoxy) is 2. The number of amides is 1. The lowest BCUT2D eigenvalue weighted by molar-refractivity contribution is -0.114. The van der Waals surface area contributed by atoms with Gasteiger partial charge in [0.2, 0.25) is 0 Å². The van der Waals surface area contributed by atoms with Crippen LogP contribution in [0.15, 0.2) is 83.0 Å². The zero-order valence-corrected chi connectivity index (χ0v) is 20.0. The lowest BCUT2D eigenvalue weighted by atomic mass is 10.1. The van der Waals surface area contributed by atoms with E-state index in [2.05, 4.69) is 15.9 Å². The smallest absolute Gasteiger partial charge is 0.281 e. The van der Waals surface area contributed by atoms with Gasteiger partial charge in [-0.05, 0) is 65.8 Å². The number of methoxy groups -OCH3 is 1. The van der Waals surface area contributed by atoms with Crippen LogP contribution in [0.1, 0.15) is 11.1 Å². The van der Waals surface area contributed by atoms with E-state index >= 15 is 0 Å². The van der Waals surface area contributed by atoms with Gasteiger partial charge in [-0.3, -0.25) is 9.69 Å². The van der Waals surface area contributed by atoms with E-state index in [1.807, 2.05) is 72.8 Å². The molecule has 0 N–H and O–H groups in total. The van der Waals surface area contributed by atoms with Gasteiger partial charge in [-0.1, -0.05) is 52.3 Å². The van der Waals surface area contributed by atoms with Crippen molar-refractivity contribution < 1.29 is 14.3 Å². The van der Waals surface area contributed by atoms with Crippen molar-refractivity contribution in [3.63, 3.8) is 0 Å². The molecule has 4 rings (SSSR count). The highest BCUT2D eigenvalue weighted by atomic mass is 79.9. The molecule has 1 aliphatic heterocycles. The van der Waals surface area contributed by atoms with Crippen LogP contribution in [-0.4, -0.2) is 30.1 Å². The molecule has 0 spiro atoms. The van der Waals surface area contributed by atoms with Crippen molar-refractivity contribution in [2.45, 2.75) is 6.61 Å². The van der Waals surface area contributed by atoms with E-state index in [0.29, 0.717) is 28.9 Å². The first-order chi connectivity index (χ1) is 15.5. The number of anilines is 1. The molecule has 0 aliphatic carbocycles. The SMILES string of the molecule is COc1cc(/C=C2/C(=O)N(c3ccccc3)C(=S)N2C)ccc1OCc1ccc(Br)cc1. The number of para-hydroxylation sites is 1. The molecule has 1 fully saturated rings. The van der Waals surface area contributed by atoms with Crippen molar-refractivity contribution in [3.05, 3.63) is 94.1 Å². The number of carbonyl (C=O) groups excluding carboxylic acids is 1. The highest BCUT2D eigenvalue weighted by molar-refractivity contribution is 9.10. The van der Waals surface area contributed by atoms with E-state index < -0.39 is 0 Å². The molecule has 0 radical (unpaired) electrons. The van der Waals surface area contributed by atoms with Crippen LogP contribution in [0.5, 0.6) is 11.5 Å². The topological polar surface area (TPSA) is 42.0 Å². The summed E-state index contributed by atoms with van der Waals surface area (Å²) in [6, 6.07) is 22.9. The summed E-state index contributed by atoms with van der Waals surface area (Å²) in [5, 5.41) is 0.439. The molecule has 162 valence electrons. The molecule has 0 atom stereocenters. The van der Waals surface area contributed by atoms with Crippen molar-refractivity contribution >= 4 is 50.9 Å². The maximum absolute atomic E-state index is 13.1. The average molecular weight is 509 g/mol. The number of thiocarbonyl (C=S) groups is 1. The van der Waals surface area contributed by atoms with Gasteiger partial charge in [0.15, 0.2) is 16.6 Å². The molecule has 3 aromatic rings. The van der Waals surface area contributed by atoms with Gasteiger partial charge in [-0.2, -0.15) is 0 Å². The molecule has 3 aromatic carbocycles. The summed E-state index contributed by atoms with van der Waals surface area (Å²) < 4.78 is 12.5. The van der Waals surface area contributed by atoms with Gasteiger partial charge in [0.1, 0.15) is 12.3 Å². The monoisotopic (exact) mass is 508 g/mol. The maximum atomic E-state index is 13.1. The van der Waals surface area contributed by atoms with Crippen LogP contribution in [0, 0.1) is 0 Å². The summed E-state index contributed by atoms with van der Waals surface area (Å²) in [5.74, 6) is 1.05. The zero-order chi connectivity index (χ0) is 22.7. The van der Waals surface area contributed by atoms with Crippen LogP contribution in [-0.2, 0) is 11.4 Å². The van der Waals surface area contributed by atoms with Crippen molar-refractivity contribution in [1.82, 2.24) is 4.90 Å². The Morgan fingerprint density at radius 3 is 2.41 bits per heavy atom. The van der Waals surface area contributed by atoms with Gasteiger partial charge in [0.25, 0.3) is 5.91 Å². The van der Waals surface area contributed by atoms with E-state index in [4.69, 9.17) is 21.7 Å². The van der Waals surface area contributed by atoms with Gasteiger partial charge in [-0.25, -0.2) is 0 Å². The first-order valence-electron chi connectivity index (χ1n) is 9.92. The van der Waals surface area contributed by atoms with Gasteiger partial charge >= 0.3 is 0 Å². The summed E-state index contributed by atoms with van der Waals surface area (Å²) in [6.45, 7) is 0.422. The van der Waals surface area contributed by atoms with E-state index in [9.17, 15) is 4.79 Å². The van der Waals surface area contributed by atoms with E-state index in [1.165, 1.54) is 4.90 Å². The minimum atomic E-state index is -0.168. The third-order valence-electron chi connectivity index (χ3n) is 5.07. The number of carbonyl (C=O) groups is 1. The standard InChI is InChI=1S/C25H21BrN2O3S/c1-27-21(24(29)28(25(27)32)20-6-4-3-5-7-20)14-18-10-13-22(23(15-18)30-2)31-16-17-8-11-19(26)12-9-17/h3-15H,16H2,1-2H3/b21-14-. The fourth-order valence-electron chi connectivity index (χ4n) is 3.35. The Morgan fingerprint density at radius 2 is 1.72 bits per heavy atom. The van der Waals surface area contributed by atoms with Crippen LogP contribution < -0.4 is 14.4 Å². The third kappa shape index (κ3) is 4.54. The van der Waals surface area contributed by atoms with Crippen LogP contribution in [0.2, 0.25) is 0 Å². The second-order valence-corrected chi connectivity index (χ2v) is 8.45. The number of nitrogens with zero attached hydrogens (tertiary/aromatic N) is 2. The Bertz CT molecular complexity index is 1180. The Labute approximate surface area is 201 Å². The lowest BCUT2D eigenvalue weighted by Gasteiger charge is -2.16. The minimum Gasteiger partial charge on any atom is -0.493 e. The van der Waals surface area contributed by atoms with Gasteiger partial charge < -0.3 is 14.4 Å². The largest absolute Gasteiger partial charge is 0.493 e. The molecular formula is C25H21BrN2O3S. The lowest BCUT2D eigenvalue weighted by Crippen LogP contribution is -2.30. The molecule has 1 heterocycles. The molecule has 32 heavy (non-hydrogen) atoms. The number of rotatable bonds is 6. The highest BCUT2D eigenvalue weighted by Gasteiger charge is 2.36. The summed E-state index contributed by atoms with van der Waals surface area (Å²) in [5.41, 5.74) is 3.09. The number of halogens is 1. The molecular weight excluding hydrogens is 488 g/mol. The molecule has 1 aliphatic rings. The normalized spacial score (nSPS) is 14.9. The van der Waals surface area contributed by atoms with Gasteiger partial charge in [-0.15, -0.1) is 0 Å². The Morgan fingerprint density at radius 1 is 1.00 bits per heavy atom. The van der Waals surface area contributed by atoms with Crippen molar-refractivity contribution in [2.24, 2.45) is 0 Å². The van der Waals surface area contributed by atoms with Crippen molar-refractivity contribution in [2.75, 3.05) is 19.1 Å². The van der Waals surface area contributed by atoms with E-state index in [0.717, 1.165) is 21.3 Å². The fraction of sp³-hybridized carbons (Fsp3) is 0.120. The maximum Gasteiger partial charge on any atom is 0.281 e. The molecule has 0 unspecified atom stereocenters. The second kappa shape index (κ2) is 9.54. The fourth-order valence-corrected chi connectivity index (χ4v) is 3.91. The summed E-state index contributed by atoms with van der Waals surface area (Å²) in [7, 11) is 3.39. The second-order valence-electron chi connectivity index (χ2n) is 7.17. The Hall–Kier alpha value is -3.16. The minimum absolute atomic E-state index is 0.168. The predicted molar refractivity (Wildman–Crippen MR) is 134 cm³/mol. The first kappa shape index (κ1) is 22.0. The molecule has 0 bridgehead atoms.